The molecule has 0 spiro atoms. The van der Waals surface area contributed by atoms with Crippen LogP contribution < -0.4 is 0 Å². The molecule has 0 aliphatic carbocycles. The molecule has 2 heterocycles. The number of cyclic esters (lactones) is 1. The van der Waals surface area contributed by atoms with Gasteiger partial charge in [-0.3, -0.25) is 4.79 Å². The third-order valence-electron chi connectivity index (χ3n) is 13.8. The van der Waals surface area contributed by atoms with Gasteiger partial charge in [0.2, 0.25) is 0 Å². The fourth-order valence-electron chi connectivity index (χ4n) is 9.52. The zero-order valence-electron chi connectivity index (χ0n) is 45.4. The number of carbonyl (C=O) groups is 4. The summed E-state index contributed by atoms with van der Waals surface area (Å²) in [5.74, 6) is -9.32. The lowest BCUT2D eigenvalue weighted by molar-refractivity contribution is -0.283. The summed E-state index contributed by atoms with van der Waals surface area (Å²) in [6.45, 7) is 12.7. The molecule has 2 bridgehead atoms. The number of hydrogen-bond acceptors (Lipinski definition) is 12. The van der Waals surface area contributed by atoms with Crippen LogP contribution in [0.25, 0.3) is 0 Å². The highest BCUT2D eigenvalue weighted by molar-refractivity contribution is 5.85. The number of allylic oxidation sites excluding steroid dienone is 7. The Morgan fingerprint density at radius 2 is 1.07 bits per heavy atom. The van der Waals surface area contributed by atoms with Gasteiger partial charge in [-0.1, -0.05) is 159 Å². The highest BCUT2D eigenvalue weighted by Gasteiger charge is 2.67. The Morgan fingerprint density at radius 3 is 1.51 bits per heavy atom. The summed E-state index contributed by atoms with van der Waals surface area (Å²) in [6, 6.07) is 17.2. The number of rotatable bonds is 18. The molecule has 1 saturated heterocycles. The molecule has 5 rings (SSSR count). The second-order valence-electron chi connectivity index (χ2n) is 19.6. The minimum absolute atomic E-state index is 0.000562. The van der Waals surface area contributed by atoms with E-state index >= 15 is 39.5 Å². The molecule has 440 valence electrons. The minimum Gasteiger partial charge on any atom is -0.458 e. The van der Waals surface area contributed by atoms with Crippen molar-refractivity contribution in [2.24, 2.45) is 11.8 Å². The number of alkyl halides is 9. The first-order valence-electron chi connectivity index (χ1n) is 25.7. The molecule has 0 amide bonds. The number of methoxy groups -OCH3 is 3. The SMILES string of the molecule is C=C(C)C/C=C/C(=C)C[C@@H](C)C1OC(=O)[C@H](C)/C=C/C=C[C@@H](OC(=O)[C@@](OC)(c2ccccc2)C(F)(F)F)C(OC(=O)[C@@](OC)(c2ccccc2)C(F)(F)F)/C=C\CC[C@H]2CC[C@H](O2)[C@H]1OC(=O)[C@@](OC)(c1ccccc1)C(F)(F)F. The lowest BCUT2D eigenvalue weighted by atomic mass is 9.88. The largest absolute Gasteiger partial charge is 0.458 e. The van der Waals surface area contributed by atoms with Crippen molar-refractivity contribution >= 4 is 23.9 Å². The number of esters is 4. The molecule has 0 aromatic heterocycles. The van der Waals surface area contributed by atoms with Crippen LogP contribution in [0.15, 0.2) is 164 Å². The van der Waals surface area contributed by atoms with Gasteiger partial charge in [0.15, 0.2) is 18.3 Å². The molecule has 2 unspecified atom stereocenters. The second kappa shape index (κ2) is 27.8. The molecular weight excluding hydrogens is 1080 g/mol. The third-order valence-corrected chi connectivity index (χ3v) is 13.8. The lowest BCUT2D eigenvalue weighted by Gasteiger charge is -2.38. The maximum absolute atomic E-state index is 15.4. The summed E-state index contributed by atoms with van der Waals surface area (Å²) >= 11 is 0. The number of carbonyl (C=O) groups excluding carboxylic acids is 4. The van der Waals surface area contributed by atoms with Gasteiger partial charge < -0.3 is 37.9 Å². The second-order valence-corrected chi connectivity index (χ2v) is 19.6. The van der Waals surface area contributed by atoms with Crippen LogP contribution >= 0.6 is 0 Å². The van der Waals surface area contributed by atoms with Gasteiger partial charge in [0.1, 0.15) is 6.10 Å². The molecule has 12 nitrogen and oxygen atoms in total. The summed E-state index contributed by atoms with van der Waals surface area (Å²) in [5, 5.41) is 0. The zero-order chi connectivity index (χ0) is 60.0. The Labute approximate surface area is 464 Å². The molecule has 3 aromatic carbocycles. The summed E-state index contributed by atoms with van der Waals surface area (Å²) in [7, 11) is 1.86. The standard InChI is InChI=1S/C60H65F9O12/c1-38(2)23-22-24-39(3)37-41(5)49-50(81-54(73)57(76-8,60(67,68)69)44-30-16-11-17-31-44)48-36-35-45(77-48)32-19-21-34-47(79-53(72)56(75-7,59(64,65)66)43-28-14-10-15-29-43)46(33-20-18-25-40(4)51(70)80-49)78-52(71)55(74-6,58(61,62)63)42-26-12-9-13-27-42/h9-18,20-22,24-31,33-34,40-41,45-50H,1,3,19,23,32,35-37H2,2,4-8H3/b24-22+,25-18+,33-20?,34-21-/t40-,41-,45+,46-,47?,48+,49?,50-,55+,56+,57+/m1/s1. The molecule has 0 N–H and O–H groups in total. The first-order valence-corrected chi connectivity index (χ1v) is 25.7. The number of ether oxygens (including phenoxy) is 8. The van der Waals surface area contributed by atoms with Crippen molar-refractivity contribution in [3.05, 3.63) is 181 Å². The molecule has 81 heavy (non-hydrogen) atoms. The lowest BCUT2D eigenvalue weighted by Crippen LogP contribution is -2.55. The molecule has 1 fully saturated rings. The summed E-state index contributed by atoms with van der Waals surface area (Å²) in [4.78, 5) is 57.2. The average molecular weight is 1150 g/mol. The molecule has 2 aliphatic rings. The fraction of sp³-hybridized carbons (Fsp3) is 0.433. The van der Waals surface area contributed by atoms with Crippen LogP contribution in [0, 0.1) is 11.8 Å². The van der Waals surface area contributed by atoms with E-state index < -0.39 is 124 Å². The Morgan fingerprint density at radius 1 is 0.642 bits per heavy atom. The molecule has 21 heteroatoms. The van der Waals surface area contributed by atoms with E-state index in [4.69, 9.17) is 37.9 Å². The number of hydrogen-bond donors (Lipinski definition) is 0. The number of halogens is 9. The zero-order valence-corrected chi connectivity index (χ0v) is 45.4. The Hall–Kier alpha value is -6.81. The van der Waals surface area contributed by atoms with Gasteiger partial charge in [-0.25, -0.2) is 14.4 Å². The van der Waals surface area contributed by atoms with Crippen molar-refractivity contribution in [2.45, 2.75) is 131 Å². The van der Waals surface area contributed by atoms with E-state index in [1.165, 1.54) is 73.7 Å². The number of benzene rings is 3. The highest BCUT2D eigenvalue weighted by Crippen LogP contribution is 2.47. The minimum atomic E-state index is -5.54. The topological polar surface area (TPSA) is 142 Å². The molecule has 11 atom stereocenters. The third kappa shape index (κ3) is 14.8. The molecular formula is C60H65F9O12. The predicted molar refractivity (Wildman–Crippen MR) is 278 cm³/mol. The van der Waals surface area contributed by atoms with E-state index in [2.05, 4.69) is 13.2 Å². The van der Waals surface area contributed by atoms with Gasteiger partial charge in [-0.15, -0.1) is 0 Å². The molecule has 3 aromatic rings. The smallest absolute Gasteiger partial charge is 0.432 e. The van der Waals surface area contributed by atoms with E-state index in [1.807, 2.05) is 0 Å². The van der Waals surface area contributed by atoms with Gasteiger partial charge in [-0.05, 0) is 64.5 Å². The van der Waals surface area contributed by atoms with Gasteiger partial charge in [0, 0.05) is 43.9 Å². The van der Waals surface area contributed by atoms with E-state index in [1.54, 1.807) is 26.0 Å². The molecule has 0 radical (unpaired) electrons. The van der Waals surface area contributed by atoms with Crippen molar-refractivity contribution in [2.75, 3.05) is 21.3 Å². The predicted octanol–water partition coefficient (Wildman–Crippen LogP) is 12.7. The van der Waals surface area contributed by atoms with Crippen LogP contribution in [-0.4, -0.2) is 100 Å². The van der Waals surface area contributed by atoms with Crippen LogP contribution in [0.3, 0.4) is 0 Å². The molecule has 0 saturated carbocycles. The van der Waals surface area contributed by atoms with Crippen molar-refractivity contribution in [3.63, 3.8) is 0 Å². The highest BCUT2D eigenvalue weighted by atomic mass is 19.4. The van der Waals surface area contributed by atoms with Crippen LogP contribution in [0.5, 0.6) is 0 Å². The summed E-state index contributed by atoms with van der Waals surface area (Å²) in [6.07, 6.45) is -15.7. The first-order chi connectivity index (χ1) is 38.1. The maximum atomic E-state index is 15.4. The van der Waals surface area contributed by atoms with Crippen LogP contribution in [0.1, 0.15) is 76.0 Å². The Balaban J connectivity index is 1.66. The van der Waals surface area contributed by atoms with Crippen molar-refractivity contribution in [1.29, 1.82) is 0 Å². The normalized spacial score (nSPS) is 24.8. The monoisotopic (exact) mass is 1150 g/mol. The van der Waals surface area contributed by atoms with E-state index in [0.717, 1.165) is 66.3 Å². The van der Waals surface area contributed by atoms with Crippen LogP contribution in [-0.2, 0) is 73.9 Å². The van der Waals surface area contributed by atoms with Gasteiger partial charge in [0.25, 0.3) is 16.8 Å². The fourth-order valence-corrected chi connectivity index (χ4v) is 9.52. The summed E-state index contributed by atoms with van der Waals surface area (Å²) < 4.78 is 182. The summed E-state index contributed by atoms with van der Waals surface area (Å²) in [5.41, 5.74) is -12.2. The van der Waals surface area contributed by atoms with Crippen LogP contribution in [0.4, 0.5) is 39.5 Å². The Kier molecular flexibility index (Phi) is 22.3. The average Bonchev–Trinajstić information content (AvgIpc) is 3.88. The Bertz CT molecular complexity index is 2740. The van der Waals surface area contributed by atoms with Crippen LogP contribution in [0.2, 0.25) is 0 Å². The number of fused-ring (bicyclic) bond motifs is 2. The first kappa shape index (κ1) is 65.0. The van der Waals surface area contributed by atoms with Gasteiger partial charge in [0.05, 0.1) is 18.1 Å². The molecule has 2 aliphatic heterocycles. The quantitative estimate of drug-likeness (QED) is 0.0393. The van der Waals surface area contributed by atoms with Gasteiger partial charge in [-0.2, -0.15) is 39.5 Å². The van der Waals surface area contributed by atoms with Crippen molar-refractivity contribution < 1.29 is 96.6 Å². The van der Waals surface area contributed by atoms with E-state index in [9.17, 15) is 19.2 Å². The van der Waals surface area contributed by atoms with Crippen molar-refractivity contribution in [1.82, 2.24) is 0 Å². The van der Waals surface area contributed by atoms with E-state index in [-0.39, 0.29) is 32.1 Å². The van der Waals surface area contributed by atoms with E-state index in [0.29, 0.717) is 33.3 Å². The van der Waals surface area contributed by atoms with Gasteiger partial charge >= 0.3 is 42.4 Å². The van der Waals surface area contributed by atoms with Crippen molar-refractivity contribution in [3.8, 4) is 0 Å². The maximum Gasteiger partial charge on any atom is 0.432 e.